The average Bonchev–Trinajstić information content (AvgIpc) is 2.89. The number of imidazole rings is 1. The van der Waals surface area contributed by atoms with Gasteiger partial charge in [-0.3, -0.25) is 18.8 Å². The van der Waals surface area contributed by atoms with Crippen LogP contribution < -0.4 is 11.2 Å². The summed E-state index contributed by atoms with van der Waals surface area (Å²) in [7, 11) is 3.15. The number of hydrogen-bond donors (Lipinski definition) is 0. The summed E-state index contributed by atoms with van der Waals surface area (Å²) in [4.78, 5) is 30.9. The SMILES string of the molecule is CC1CCCCN1Cn1cnc2c1c(=O)n(C)c(=O)n2C. The molecule has 1 atom stereocenters. The Bertz CT molecular complexity index is 785. The smallest absolute Gasteiger partial charge is 0.311 e. The van der Waals surface area contributed by atoms with Gasteiger partial charge in [0.05, 0.1) is 13.0 Å². The van der Waals surface area contributed by atoms with Crippen molar-refractivity contribution < 1.29 is 0 Å². The summed E-state index contributed by atoms with van der Waals surface area (Å²) in [6, 6.07) is 0.507. The fraction of sp³-hybridized carbons (Fsp3) is 0.643. The highest BCUT2D eigenvalue weighted by Gasteiger charge is 2.21. The van der Waals surface area contributed by atoms with E-state index in [2.05, 4.69) is 16.8 Å². The van der Waals surface area contributed by atoms with Crippen molar-refractivity contribution in [2.24, 2.45) is 14.1 Å². The second-order valence-electron chi connectivity index (χ2n) is 5.89. The average molecular weight is 291 g/mol. The fourth-order valence-corrected chi connectivity index (χ4v) is 3.07. The molecule has 7 heteroatoms. The van der Waals surface area contributed by atoms with E-state index in [1.807, 2.05) is 4.57 Å². The molecule has 1 unspecified atom stereocenters. The summed E-state index contributed by atoms with van der Waals surface area (Å²) in [6.07, 6.45) is 5.29. The van der Waals surface area contributed by atoms with Crippen LogP contribution in [-0.2, 0) is 20.8 Å². The lowest BCUT2D eigenvalue weighted by atomic mass is 10.0. The summed E-state index contributed by atoms with van der Waals surface area (Å²) >= 11 is 0. The largest absolute Gasteiger partial charge is 0.332 e. The van der Waals surface area contributed by atoms with E-state index in [4.69, 9.17) is 0 Å². The lowest BCUT2D eigenvalue weighted by Crippen LogP contribution is -2.40. The van der Waals surface area contributed by atoms with Gasteiger partial charge < -0.3 is 4.57 Å². The van der Waals surface area contributed by atoms with Crippen LogP contribution in [-0.4, -0.2) is 36.2 Å². The normalized spacial score (nSPS) is 20.2. The van der Waals surface area contributed by atoms with Crippen molar-refractivity contribution in [1.82, 2.24) is 23.6 Å². The Morgan fingerprint density at radius 2 is 2.00 bits per heavy atom. The van der Waals surface area contributed by atoms with Crippen LogP contribution in [0, 0.1) is 0 Å². The number of rotatable bonds is 2. The van der Waals surface area contributed by atoms with Gasteiger partial charge in [-0.25, -0.2) is 9.78 Å². The molecule has 2 aromatic heterocycles. The maximum atomic E-state index is 12.4. The molecule has 21 heavy (non-hydrogen) atoms. The van der Waals surface area contributed by atoms with Gasteiger partial charge in [-0.05, 0) is 19.8 Å². The molecule has 1 saturated heterocycles. The van der Waals surface area contributed by atoms with Crippen LogP contribution >= 0.6 is 0 Å². The minimum absolute atomic E-state index is 0.282. The van der Waals surface area contributed by atoms with E-state index < -0.39 is 0 Å². The van der Waals surface area contributed by atoms with Crippen molar-refractivity contribution >= 4 is 11.2 Å². The fourth-order valence-electron chi connectivity index (χ4n) is 3.07. The van der Waals surface area contributed by atoms with Gasteiger partial charge in [-0.2, -0.15) is 0 Å². The molecule has 7 nitrogen and oxygen atoms in total. The summed E-state index contributed by atoms with van der Waals surface area (Å²) in [5.74, 6) is 0. The number of piperidine rings is 1. The van der Waals surface area contributed by atoms with E-state index in [9.17, 15) is 9.59 Å². The van der Waals surface area contributed by atoms with Crippen LogP contribution in [0.25, 0.3) is 11.2 Å². The van der Waals surface area contributed by atoms with Gasteiger partial charge in [0.2, 0.25) is 0 Å². The first-order chi connectivity index (χ1) is 10.0. The van der Waals surface area contributed by atoms with E-state index in [0.29, 0.717) is 23.9 Å². The summed E-state index contributed by atoms with van der Waals surface area (Å²) < 4.78 is 4.42. The molecule has 0 aromatic carbocycles. The molecule has 1 fully saturated rings. The third-order valence-electron chi connectivity index (χ3n) is 4.49. The van der Waals surface area contributed by atoms with E-state index in [1.54, 1.807) is 13.4 Å². The first-order valence-electron chi connectivity index (χ1n) is 7.35. The van der Waals surface area contributed by atoms with Crippen molar-refractivity contribution in [2.75, 3.05) is 6.54 Å². The van der Waals surface area contributed by atoms with Crippen LogP contribution in [0.4, 0.5) is 0 Å². The minimum atomic E-state index is -0.343. The molecule has 3 heterocycles. The number of aromatic nitrogens is 4. The third-order valence-corrected chi connectivity index (χ3v) is 4.49. The van der Waals surface area contributed by atoms with Crippen molar-refractivity contribution in [3.8, 4) is 0 Å². The Balaban J connectivity index is 2.08. The zero-order chi connectivity index (χ0) is 15.1. The molecule has 0 bridgehead atoms. The molecular formula is C14H21N5O2. The Kier molecular flexibility index (Phi) is 3.44. The van der Waals surface area contributed by atoms with E-state index in [1.165, 1.54) is 30.9 Å². The molecule has 0 radical (unpaired) electrons. The summed E-state index contributed by atoms with van der Waals surface area (Å²) in [5, 5.41) is 0. The quantitative estimate of drug-likeness (QED) is 0.796. The third kappa shape index (κ3) is 2.21. The maximum absolute atomic E-state index is 12.4. The van der Waals surface area contributed by atoms with Gasteiger partial charge in [-0.1, -0.05) is 6.42 Å². The van der Waals surface area contributed by atoms with Gasteiger partial charge in [0.1, 0.15) is 0 Å². The Morgan fingerprint density at radius 3 is 2.71 bits per heavy atom. The maximum Gasteiger partial charge on any atom is 0.332 e. The Hall–Kier alpha value is -1.89. The molecule has 2 aromatic rings. The highest BCUT2D eigenvalue weighted by Crippen LogP contribution is 2.18. The molecule has 0 spiro atoms. The van der Waals surface area contributed by atoms with Crippen molar-refractivity contribution in [3.63, 3.8) is 0 Å². The second-order valence-corrected chi connectivity index (χ2v) is 5.89. The van der Waals surface area contributed by atoms with Crippen molar-refractivity contribution in [1.29, 1.82) is 0 Å². The summed E-state index contributed by atoms with van der Waals surface area (Å²) in [6.45, 7) is 3.89. The minimum Gasteiger partial charge on any atom is -0.311 e. The molecule has 3 rings (SSSR count). The van der Waals surface area contributed by atoms with E-state index >= 15 is 0 Å². The van der Waals surface area contributed by atoms with Crippen LogP contribution in [0.3, 0.4) is 0 Å². The lowest BCUT2D eigenvalue weighted by molar-refractivity contribution is 0.123. The van der Waals surface area contributed by atoms with Gasteiger partial charge in [-0.15, -0.1) is 0 Å². The van der Waals surface area contributed by atoms with Gasteiger partial charge in [0.25, 0.3) is 5.56 Å². The summed E-state index contributed by atoms with van der Waals surface area (Å²) in [5.41, 5.74) is 0.324. The topological polar surface area (TPSA) is 65.1 Å². The van der Waals surface area contributed by atoms with Gasteiger partial charge >= 0.3 is 5.69 Å². The Labute approximate surface area is 122 Å². The van der Waals surface area contributed by atoms with Crippen LogP contribution in [0.15, 0.2) is 15.9 Å². The molecule has 0 N–H and O–H groups in total. The number of hydrogen-bond acceptors (Lipinski definition) is 4. The molecule has 114 valence electrons. The highest BCUT2D eigenvalue weighted by molar-refractivity contribution is 5.69. The molecule has 0 amide bonds. The zero-order valence-corrected chi connectivity index (χ0v) is 12.7. The monoisotopic (exact) mass is 291 g/mol. The zero-order valence-electron chi connectivity index (χ0n) is 12.7. The molecule has 0 aliphatic carbocycles. The van der Waals surface area contributed by atoms with Crippen molar-refractivity contribution in [3.05, 3.63) is 27.2 Å². The molecular weight excluding hydrogens is 270 g/mol. The number of likely N-dealkylation sites (tertiary alicyclic amines) is 1. The molecule has 1 aliphatic heterocycles. The predicted molar refractivity (Wildman–Crippen MR) is 80.2 cm³/mol. The molecule has 1 aliphatic rings. The van der Waals surface area contributed by atoms with Crippen molar-refractivity contribution in [2.45, 2.75) is 38.9 Å². The number of nitrogens with zero attached hydrogens (tertiary/aromatic N) is 5. The van der Waals surface area contributed by atoms with Gasteiger partial charge in [0, 0.05) is 26.7 Å². The second kappa shape index (κ2) is 5.14. The first kappa shape index (κ1) is 14.1. The lowest BCUT2D eigenvalue weighted by Gasteiger charge is -2.33. The standard InChI is InChI=1S/C14H21N5O2/c1-10-6-4-5-7-18(10)9-19-8-15-12-11(19)13(20)17(3)14(21)16(12)2/h8,10H,4-7,9H2,1-3H3. The van der Waals surface area contributed by atoms with E-state index in [-0.39, 0.29) is 11.2 Å². The highest BCUT2D eigenvalue weighted by atomic mass is 16.2. The van der Waals surface area contributed by atoms with Crippen LogP contribution in [0.5, 0.6) is 0 Å². The first-order valence-corrected chi connectivity index (χ1v) is 7.35. The number of aryl methyl sites for hydroxylation is 1. The Morgan fingerprint density at radius 1 is 1.24 bits per heavy atom. The van der Waals surface area contributed by atoms with E-state index in [0.717, 1.165) is 11.1 Å². The number of fused-ring (bicyclic) bond motifs is 1. The van der Waals surface area contributed by atoms with Gasteiger partial charge in [0.15, 0.2) is 11.2 Å². The van der Waals surface area contributed by atoms with Crippen LogP contribution in [0.1, 0.15) is 26.2 Å². The molecule has 0 saturated carbocycles. The van der Waals surface area contributed by atoms with Crippen LogP contribution in [0.2, 0.25) is 0 Å². The predicted octanol–water partition coefficient (Wildman–Crippen LogP) is 0.266.